The van der Waals surface area contributed by atoms with Crippen molar-refractivity contribution in [3.05, 3.63) is 83.6 Å². The first-order valence-corrected chi connectivity index (χ1v) is 10.5. The minimum atomic E-state index is -0.201. The van der Waals surface area contributed by atoms with Crippen LogP contribution in [0.3, 0.4) is 0 Å². The van der Waals surface area contributed by atoms with Gasteiger partial charge in [-0.1, -0.05) is 29.8 Å². The summed E-state index contributed by atoms with van der Waals surface area (Å²) in [5.74, 6) is 0.778. The normalized spacial score (nSPS) is 21.5. The van der Waals surface area contributed by atoms with Gasteiger partial charge in [0.25, 0.3) is 5.91 Å². The highest BCUT2D eigenvalue weighted by atomic mass is 16.3. The van der Waals surface area contributed by atoms with Gasteiger partial charge in [-0.15, -0.1) is 0 Å². The van der Waals surface area contributed by atoms with Crippen molar-refractivity contribution in [1.82, 2.24) is 14.5 Å². The van der Waals surface area contributed by atoms with E-state index < -0.39 is 0 Å². The van der Waals surface area contributed by atoms with E-state index in [1.165, 1.54) is 11.3 Å². The van der Waals surface area contributed by atoms with E-state index in [2.05, 4.69) is 65.9 Å². The third-order valence-corrected chi connectivity index (χ3v) is 6.23. The third kappa shape index (κ3) is 3.37. The summed E-state index contributed by atoms with van der Waals surface area (Å²) in [7, 11) is 0. The molecule has 1 aromatic carbocycles. The molecule has 0 saturated carbocycles. The minimum absolute atomic E-state index is 0.00497. The molecule has 6 heteroatoms. The van der Waals surface area contributed by atoms with Gasteiger partial charge in [0.15, 0.2) is 0 Å². The monoisotopic (exact) mass is 402 g/mol. The highest BCUT2D eigenvalue weighted by Gasteiger charge is 2.36. The Bertz CT molecular complexity index is 1070. The minimum Gasteiger partial charge on any atom is -0.467 e. The molecular formula is C24H26N4O2. The second kappa shape index (κ2) is 7.61. The Morgan fingerprint density at radius 2 is 1.97 bits per heavy atom. The number of rotatable bonds is 4. The maximum absolute atomic E-state index is 13.4. The number of fused-ring (bicyclic) bond motifs is 1. The fourth-order valence-electron chi connectivity index (χ4n) is 4.45. The molecule has 0 saturated heterocycles. The van der Waals surface area contributed by atoms with Gasteiger partial charge in [0, 0.05) is 37.4 Å². The largest absolute Gasteiger partial charge is 0.467 e. The Hall–Kier alpha value is -3.12. The number of hydrogen-bond donors (Lipinski definition) is 0. The van der Waals surface area contributed by atoms with Gasteiger partial charge < -0.3 is 8.98 Å². The van der Waals surface area contributed by atoms with Crippen LogP contribution in [0.15, 0.2) is 70.5 Å². The van der Waals surface area contributed by atoms with Crippen LogP contribution in [0.4, 0.5) is 0 Å². The topological polar surface area (TPSA) is 54.0 Å². The Morgan fingerprint density at radius 1 is 1.13 bits per heavy atom. The molecule has 0 bridgehead atoms. The molecule has 0 unspecified atom stereocenters. The first kappa shape index (κ1) is 18.9. The lowest BCUT2D eigenvalue weighted by Crippen LogP contribution is -2.43. The Labute approximate surface area is 176 Å². The zero-order valence-corrected chi connectivity index (χ0v) is 17.4. The number of aromatic nitrogens is 1. The van der Waals surface area contributed by atoms with E-state index in [0.717, 1.165) is 30.1 Å². The van der Waals surface area contributed by atoms with E-state index in [9.17, 15) is 4.79 Å². The lowest BCUT2D eigenvalue weighted by Gasteiger charge is -2.35. The summed E-state index contributed by atoms with van der Waals surface area (Å²) in [5, 5.41) is 6.39. The number of amides is 1. The smallest absolute Gasteiger partial charge is 0.257 e. The van der Waals surface area contributed by atoms with Crippen molar-refractivity contribution < 1.29 is 9.21 Å². The quantitative estimate of drug-likeness (QED) is 0.659. The van der Waals surface area contributed by atoms with E-state index in [-0.39, 0.29) is 18.0 Å². The van der Waals surface area contributed by atoms with Crippen LogP contribution in [0.5, 0.6) is 0 Å². The average Bonchev–Trinajstić information content (AvgIpc) is 3.50. The second-order valence-corrected chi connectivity index (χ2v) is 8.16. The summed E-state index contributed by atoms with van der Waals surface area (Å²) in [5.41, 5.74) is 4.43. The molecule has 2 aromatic heterocycles. The number of carbonyl (C=O) groups excluding carboxylic acids is 1. The predicted octanol–water partition coefficient (Wildman–Crippen LogP) is 4.14. The number of furan rings is 1. The van der Waals surface area contributed by atoms with Gasteiger partial charge in [0.2, 0.25) is 0 Å². The van der Waals surface area contributed by atoms with Crippen molar-refractivity contribution in [2.24, 2.45) is 5.10 Å². The number of hydrazone groups is 1. The SMILES string of the molecule is Cc1ccc(C2=NN(C(=O)CN3CCn4cccc4[C@@H]3C)[C@@H](c3ccco3)C2)cc1. The van der Waals surface area contributed by atoms with Crippen LogP contribution in [-0.4, -0.2) is 39.2 Å². The van der Waals surface area contributed by atoms with E-state index in [1.54, 1.807) is 11.3 Å². The van der Waals surface area contributed by atoms with E-state index >= 15 is 0 Å². The Morgan fingerprint density at radius 3 is 2.73 bits per heavy atom. The zero-order valence-electron chi connectivity index (χ0n) is 17.4. The van der Waals surface area contributed by atoms with Crippen LogP contribution in [0.2, 0.25) is 0 Å². The fourth-order valence-corrected chi connectivity index (χ4v) is 4.45. The number of benzene rings is 1. The van der Waals surface area contributed by atoms with E-state index in [0.29, 0.717) is 13.0 Å². The fraction of sp³-hybridized carbons (Fsp3) is 0.333. The molecule has 3 aromatic rings. The van der Waals surface area contributed by atoms with Gasteiger partial charge in [0.05, 0.1) is 18.5 Å². The van der Waals surface area contributed by atoms with Gasteiger partial charge in [-0.25, -0.2) is 5.01 Å². The van der Waals surface area contributed by atoms with Gasteiger partial charge in [-0.3, -0.25) is 9.69 Å². The van der Waals surface area contributed by atoms with Crippen molar-refractivity contribution in [3.63, 3.8) is 0 Å². The van der Waals surface area contributed by atoms with Crippen molar-refractivity contribution in [2.45, 2.75) is 38.9 Å². The lowest BCUT2D eigenvalue weighted by atomic mass is 10.0. The number of hydrogen-bond acceptors (Lipinski definition) is 4. The molecule has 0 radical (unpaired) electrons. The maximum atomic E-state index is 13.4. The average molecular weight is 402 g/mol. The maximum Gasteiger partial charge on any atom is 0.257 e. The molecule has 30 heavy (non-hydrogen) atoms. The zero-order chi connectivity index (χ0) is 20.7. The lowest BCUT2D eigenvalue weighted by molar-refractivity contribution is -0.135. The molecule has 6 nitrogen and oxygen atoms in total. The highest BCUT2D eigenvalue weighted by Crippen LogP contribution is 2.34. The summed E-state index contributed by atoms with van der Waals surface area (Å²) < 4.78 is 7.93. The summed E-state index contributed by atoms with van der Waals surface area (Å²) in [6.07, 6.45) is 4.42. The summed E-state index contributed by atoms with van der Waals surface area (Å²) in [6, 6.07) is 16.3. The van der Waals surface area contributed by atoms with Crippen molar-refractivity contribution in [2.75, 3.05) is 13.1 Å². The molecule has 5 rings (SSSR count). The first-order valence-electron chi connectivity index (χ1n) is 10.5. The molecule has 0 aliphatic carbocycles. The summed E-state index contributed by atoms with van der Waals surface area (Å²) in [6.45, 7) is 6.32. The molecule has 4 heterocycles. The van der Waals surface area contributed by atoms with Crippen LogP contribution in [0.1, 0.15) is 48.0 Å². The summed E-state index contributed by atoms with van der Waals surface area (Å²) in [4.78, 5) is 15.6. The molecular weight excluding hydrogens is 376 g/mol. The Kier molecular flexibility index (Phi) is 4.79. The molecule has 2 atom stereocenters. The highest BCUT2D eigenvalue weighted by molar-refractivity contribution is 6.03. The second-order valence-electron chi connectivity index (χ2n) is 8.16. The van der Waals surface area contributed by atoms with Crippen LogP contribution in [-0.2, 0) is 11.3 Å². The number of aryl methyl sites for hydroxylation is 1. The van der Waals surface area contributed by atoms with Gasteiger partial charge in [-0.2, -0.15) is 5.10 Å². The van der Waals surface area contributed by atoms with Gasteiger partial charge in [-0.05, 0) is 43.7 Å². The van der Waals surface area contributed by atoms with E-state index in [1.807, 2.05) is 12.1 Å². The van der Waals surface area contributed by atoms with Gasteiger partial charge in [0.1, 0.15) is 11.8 Å². The van der Waals surface area contributed by atoms with Crippen molar-refractivity contribution >= 4 is 11.6 Å². The Balaban J connectivity index is 1.39. The number of nitrogens with zero attached hydrogens (tertiary/aromatic N) is 4. The number of carbonyl (C=O) groups is 1. The molecule has 0 N–H and O–H groups in total. The van der Waals surface area contributed by atoms with Crippen molar-refractivity contribution in [1.29, 1.82) is 0 Å². The van der Waals surface area contributed by atoms with Crippen LogP contribution >= 0.6 is 0 Å². The molecule has 154 valence electrons. The molecule has 1 amide bonds. The molecule has 2 aliphatic heterocycles. The van der Waals surface area contributed by atoms with Gasteiger partial charge >= 0.3 is 0 Å². The van der Waals surface area contributed by atoms with Crippen LogP contribution < -0.4 is 0 Å². The first-order chi connectivity index (χ1) is 14.6. The van der Waals surface area contributed by atoms with Crippen LogP contribution in [0.25, 0.3) is 0 Å². The predicted molar refractivity (Wildman–Crippen MR) is 115 cm³/mol. The summed E-state index contributed by atoms with van der Waals surface area (Å²) >= 11 is 0. The van der Waals surface area contributed by atoms with Crippen molar-refractivity contribution in [3.8, 4) is 0 Å². The molecule has 2 aliphatic rings. The standard InChI is InChI=1S/C24H26N4O2/c1-17-7-9-19(10-8-17)20-15-22(23-6-4-14-30-23)28(25-20)24(29)16-27-13-12-26-11-3-5-21(26)18(27)2/h3-11,14,18,22H,12-13,15-16H2,1-2H3/t18-,22+/m0/s1. The third-order valence-electron chi connectivity index (χ3n) is 6.23. The van der Waals surface area contributed by atoms with Crippen LogP contribution in [0, 0.1) is 6.92 Å². The van der Waals surface area contributed by atoms with E-state index in [4.69, 9.17) is 9.52 Å². The molecule has 0 spiro atoms. The molecule has 0 fully saturated rings.